The molecule has 0 aliphatic heterocycles. The van der Waals surface area contributed by atoms with E-state index in [2.05, 4.69) is 42.3 Å². The third-order valence-corrected chi connectivity index (χ3v) is 4.82. The van der Waals surface area contributed by atoms with Crippen molar-refractivity contribution in [1.29, 1.82) is 0 Å². The lowest BCUT2D eigenvalue weighted by Crippen LogP contribution is -2.37. The van der Waals surface area contributed by atoms with E-state index in [1.54, 1.807) is 0 Å². The van der Waals surface area contributed by atoms with Gasteiger partial charge in [0.2, 0.25) is 0 Å². The van der Waals surface area contributed by atoms with Gasteiger partial charge in [-0.3, -0.25) is 0 Å². The van der Waals surface area contributed by atoms with E-state index in [0.29, 0.717) is 12.0 Å². The molecule has 0 radical (unpaired) electrons. The zero-order chi connectivity index (χ0) is 13.7. The molecular formula is C17H22N2O. The third kappa shape index (κ3) is 2.19. The summed E-state index contributed by atoms with van der Waals surface area (Å²) in [5.41, 5.74) is 3.10. The van der Waals surface area contributed by atoms with Gasteiger partial charge in [0.1, 0.15) is 5.52 Å². The number of nitrogens with zero attached hydrogens (tertiary/aromatic N) is 1. The van der Waals surface area contributed by atoms with Gasteiger partial charge in [-0.15, -0.1) is 0 Å². The van der Waals surface area contributed by atoms with Crippen LogP contribution in [-0.2, 0) is 0 Å². The van der Waals surface area contributed by atoms with Crippen molar-refractivity contribution in [3.63, 3.8) is 0 Å². The second-order valence-corrected chi connectivity index (χ2v) is 6.83. The van der Waals surface area contributed by atoms with Crippen molar-refractivity contribution in [3.05, 3.63) is 24.1 Å². The Morgan fingerprint density at radius 1 is 1.25 bits per heavy atom. The molecule has 0 amide bonds. The van der Waals surface area contributed by atoms with Crippen molar-refractivity contribution >= 4 is 16.8 Å². The van der Waals surface area contributed by atoms with E-state index < -0.39 is 0 Å². The molecule has 0 saturated heterocycles. The fourth-order valence-electron chi connectivity index (χ4n) is 3.10. The highest BCUT2D eigenvalue weighted by atomic mass is 16.3. The Morgan fingerprint density at radius 3 is 2.75 bits per heavy atom. The fourth-order valence-corrected chi connectivity index (χ4v) is 3.10. The van der Waals surface area contributed by atoms with E-state index >= 15 is 0 Å². The van der Waals surface area contributed by atoms with E-state index in [0.717, 1.165) is 28.8 Å². The van der Waals surface area contributed by atoms with E-state index in [1.165, 1.54) is 31.4 Å². The molecule has 1 aromatic heterocycles. The molecule has 3 heteroatoms. The lowest BCUT2D eigenvalue weighted by Gasteiger charge is -2.39. The third-order valence-electron chi connectivity index (χ3n) is 4.82. The molecule has 0 atom stereocenters. The molecule has 0 spiro atoms. The van der Waals surface area contributed by atoms with E-state index in [1.807, 2.05) is 0 Å². The van der Waals surface area contributed by atoms with Crippen molar-refractivity contribution in [2.45, 2.75) is 51.5 Å². The number of hydrogen-bond donors (Lipinski definition) is 1. The Bertz CT molecular complexity index is 621. The summed E-state index contributed by atoms with van der Waals surface area (Å²) in [5, 5.41) is 3.63. The summed E-state index contributed by atoms with van der Waals surface area (Å²) in [6.45, 7) is 4.64. The predicted octanol–water partition coefficient (Wildman–Crippen LogP) is 4.55. The maximum absolute atomic E-state index is 5.80. The number of nitrogens with one attached hydrogen (secondary N) is 1. The SMILES string of the molecule is CC(C)C1CC(Nc2ccc3oc(C4CC4)nc3c2)C1. The molecule has 4 rings (SSSR count). The monoisotopic (exact) mass is 270 g/mol. The largest absolute Gasteiger partial charge is 0.440 e. The smallest absolute Gasteiger partial charge is 0.198 e. The molecule has 0 bridgehead atoms. The minimum atomic E-state index is 0.581. The van der Waals surface area contributed by atoms with Crippen LogP contribution in [0.15, 0.2) is 22.6 Å². The molecule has 20 heavy (non-hydrogen) atoms. The highest BCUT2D eigenvalue weighted by molar-refractivity contribution is 5.77. The summed E-state index contributed by atoms with van der Waals surface area (Å²) in [7, 11) is 0. The Balaban J connectivity index is 1.47. The number of hydrogen-bond acceptors (Lipinski definition) is 3. The second-order valence-electron chi connectivity index (χ2n) is 6.83. The zero-order valence-corrected chi connectivity index (χ0v) is 12.2. The van der Waals surface area contributed by atoms with Gasteiger partial charge in [-0.1, -0.05) is 13.8 Å². The molecule has 1 aromatic carbocycles. The minimum Gasteiger partial charge on any atom is -0.440 e. The maximum Gasteiger partial charge on any atom is 0.198 e. The first-order chi connectivity index (χ1) is 9.69. The quantitative estimate of drug-likeness (QED) is 0.885. The molecule has 2 saturated carbocycles. The van der Waals surface area contributed by atoms with Crippen LogP contribution in [0.5, 0.6) is 0 Å². The van der Waals surface area contributed by atoms with Gasteiger partial charge in [0.25, 0.3) is 0 Å². The summed E-state index contributed by atoms with van der Waals surface area (Å²) < 4.78 is 5.80. The van der Waals surface area contributed by atoms with Gasteiger partial charge < -0.3 is 9.73 Å². The van der Waals surface area contributed by atoms with Crippen LogP contribution in [0.25, 0.3) is 11.1 Å². The normalized spacial score (nSPS) is 25.9. The van der Waals surface area contributed by atoms with E-state index in [-0.39, 0.29) is 0 Å². The first-order valence-electron chi connectivity index (χ1n) is 7.86. The van der Waals surface area contributed by atoms with Gasteiger partial charge in [0, 0.05) is 17.6 Å². The van der Waals surface area contributed by atoms with Crippen molar-refractivity contribution < 1.29 is 4.42 Å². The second kappa shape index (κ2) is 4.51. The van der Waals surface area contributed by atoms with Crippen molar-refractivity contribution in [3.8, 4) is 0 Å². The predicted molar refractivity (Wildman–Crippen MR) is 81.0 cm³/mol. The maximum atomic E-state index is 5.80. The van der Waals surface area contributed by atoms with Crippen LogP contribution in [0, 0.1) is 11.8 Å². The topological polar surface area (TPSA) is 38.1 Å². The highest BCUT2D eigenvalue weighted by Crippen LogP contribution is 2.41. The summed E-state index contributed by atoms with van der Waals surface area (Å²) in [6.07, 6.45) is 5.05. The number of fused-ring (bicyclic) bond motifs is 1. The minimum absolute atomic E-state index is 0.581. The van der Waals surface area contributed by atoms with Crippen LogP contribution in [0.1, 0.15) is 51.3 Å². The van der Waals surface area contributed by atoms with Gasteiger partial charge in [-0.05, 0) is 55.7 Å². The summed E-state index contributed by atoms with van der Waals surface area (Å²) >= 11 is 0. The number of aromatic nitrogens is 1. The Labute approximate surface area is 119 Å². The summed E-state index contributed by atoms with van der Waals surface area (Å²) in [5.74, 6) is 3.22. The number of oxazole rings is 1. The van der Waals surface area contributed by atoms with Crippen LogP contribution in [-0.4, -0.2) is 11.0 Å². The van der Waals surface area contributed by atoms with Gasteiger partial charge in [-0.2, -0.15) is 0 Å². The first-order valence-corrected chi connectivity index (χ1v) is 7.86. The Kier molecular flexibility index (Phi) is 2.76. The lowest BCUT2D eigenvalue weighted by atomic mass is 9.73. The first kappa shape index (κ1) is 12.2. The molecule has 0 unspecified atom stereocenters. The molecule has 3 nitrogen and oxygen atoms in total. The van der Waals surface area contributed by atoms with Crippen LogP contribution in [0.3, 0.4) is 0 Å². The Morgan fingerprint density at radius 2 is 2.05 bits per heavy atom. The van der Waals surface area contributed by atoms with Gasteiger partial charge in [0.15, 0.2) is 11.5 Å². The van der Waals surface area contributed by atoms with E-state index in [4.69, 9.17) is 4.42 Å². The van der Waals surface area contributed by atoms with Crippen LogP contribution < -0.4 is 5.32 Å². The molecule has 1 heterocycles. The van der Waals surface area contributed by atoms with E-state index in [9.17, 15) is 0 Å². The van der Waals surface area contributed by atoms with Gasteiger partial charge >= 0.3 is 0 Å². The molecule has 2 fully saturated rings. The molecule has 106 valence electrons. The number of benzene rings is 1. The molecule has 2 aromatic rings. The fraction of sp³-hybridized carbons (Fsp3) is 0.588. The van der Waals surface area contributed by atoms with Gasteiger partial charge in [0.05, 0.1) is 0 Å². The summed E-state index contributed by atoms with van der Waals surface area (Å²) in [4.78, 5) is 4.62. The average Bonchev–Trinajstić information content (AvgIpc) is 3.13. The molecular weight excluding hydrogens is 248 g/mol. The van der Waals surface area contributed by atoms with Crippen molar-refractivity contribution in [1.82, 2.24) is 4.98 Å². The number of rotatable bonds is 4. The van der Waals surface area contributed by atoms with Crippen LogP contribution in [0.2, 0.25) is 0 Å². The van der Waals surface area contributed by atoms with Crippen LogP contribution in [0.4, 0.5) is 5.69 Å². The van der Waals surface area contributed by atoms with Crippen molar-refractivity contribution in [2.75, 3.05) is 5.32 Å². The Hall–Kier alpha value is -1.51. The van der Waals surface area contributed by atoms with Crippen molar-refractivity contribution in [2.24, 2.45) is 11.8 Å². The average molecular weight is 270 g/mol. The molecule has 1 N–H and O–H groups in total. The van der Waals surface area contributed by atoms with Gasteiger partial charge in [-0.25, -0.2) is 4.98 Å². The number of anilines is 1. The summed E-state index contributed by atoms with van der Waals surface area (Å²) in [6, 6.07) is 6.93. The lowest BCUT2D eigenvalue weighted by molar-refractivity contribution is 0.212. The van der Waals surface area contributed by atoms with Crippen LogP contribution >= 0.6 is 0 Å². The standard InChI is InChI=1S/C17H22N2O/c1-10(2)12-7-14(8-12)18-13-5-6-16-15(9-13)19-17(20-16)11-3-4-11/h5-6,9-12,14,18H,3-4,7-8H2,1-2H3. The highest BCUT2D eigenvalue weighted by Gasteiger charge is 2.31. The molecule has 2 aliphatic carbocycles. The molecule has 2 aliphatic rings. The zero-order valence-electron chi connectivity index (χ0n) is 12.2.